The average molecular weight is 305 g/mol. The van der Waals surface area contributed by atoms with Gasteiger partial charge in [0.1, 0.15) is 0 Å². The molecule has 4 rings (SSSR count). The van der Waals surface area contributed by atoms with Crippen LogP contribution in [0.3, 0.4) is 0 Å². The Hall–Kier alpha value is -2.13. The van der Waals surface area contributed by atoms with Gasteiger partial charge in [-0.15, -0.1) is 0 Å². The number of rotatable bonds is 3. The van der Waals surface area contributed by atoms with Gasteiger partial charge in [0, 0.05) is 34.6 Å². The molecule has 0 spiro atoms. The lowest BCUT2D eigenvalue weighted by Gasteiger charge is -2.23. The smallest absolute Gasteiger partial charge is 0.0498 e. The summed E-state index contributed by atoms with van der Waals surface area (Å²) in [7, 11) is 0. The fraction of sp³-hybridized carbons (Fsp3) is 0.350. The van der Waals surface area contributed by atoms with E-state index < -0.39 is 0 Å². The molecule has 3 nitrogen and oxygen atoms in total. The summed E-state index contributed by atoms with van der Waals surface area (Å²) in [5, 5.41) is 4.84. The van der Waals surface area contributed by atoms with E-state index >= 15 is 0 Å². The number of aryl methyl sites for hydroxylation is 1. The standard InChI is InChI=1S/C20H23N3/c1-2-17-18-13-16(14-5-9-21-10-6-14)3-4-19(18)23-20(17)15-7-11-22-12-8-15/h3-4,7-8,11-14,21,23H,2,5-6,9-10H2,1H3. The van der Waals surface area contributed by atoms with Crippen molar-refractivity contribution in [2.75, 3.05) is 13.1 Å². The third-order valence-electron chi connectivity index (χ3n) is 5.06. The van der Waals surface area contributed by atoms with Gasteiger partial charge in [-0.1, -0.05) is 13.0 Å². The molecule has 0 unspecified atom stereocenters. The predicted molar refractivity (Wildman–Crippen MR) is 95.8 cm³/mol. The quantitative estimate of drug-likeness (QED) is 0.759. The topological polar surface area (TPSA) is 40.7 Å². The second-order valence-electron chi connectivity index (χ2n) is 6.40. The fourth-order valence-electron chi connectivity index (χ4n) is 3.81. The number of aromatic amines is 1. The van der Waals surface area contributed by atoms with Crippen molar-refractivity contribution in [1.82, 2.24) is 15.3 Å². The number of fused-ring (bicyclic) bond motifs is 1. The van der Waals surface area contributed by atoms with E-state index in [0.29, 0.717) is 5.92 Å². The highest BCUT2D eigenvalue weighted by molar-refractivity contribution is 5.91. The molecule has 0 atom stereocenters. The van der Waals surface area contributed by atoms with Crippen LogP contribution >= 0.6 is 0 Å². The lowest BCUT2D eigenvalue weighted by molar-refractivity contribution is 0.460. The normalized spacial score (nSPS) is 16.0. The van der Waals surface area contributed by atoms with Crippen molar-refractivity contribution in [3.05, 3.63) is 53.9 Å². The van der Waals surface area contributed by atoms with E-state index in [4.69, 9.17) is 0 Å². The largest absolute Gasteiger partial charge is 0.354 e. The Labute approximate surface area is 137 Å². The second kappa shape index (κ2) is 6.17. The van der Waals surface area contributed by atoms with Crippen LogP contribution in [0.2, 0.25) is 0 Å². The highest BCUT2D eigenvalue weighted by Gasteiger charge is 2.17. The van der Waals surface area contributed by atoms with E-state index in [2.05, 4.69) is 52.5 Å². The Kier molecular flexibility index (Phi) is 3.88. The van der Waals surface area contributed by atoms with Crippen molar-refractivity contribution >= 4 is 10.9 Å². The number of pyridine rings is 1. The summed E-state index contributed by atoms with van der Waals surface area (Å²) in [6.07, 6.45) is 7.25. The van der Waals surface area contributed by atoms with Gasteiger partial charge in [0.25, 0.3) is 0 Å². The first-order valence-electron chi connectivity index (χ1n) is 8.62. The lowest BCUT2D eigenvalue weighted by atomic mass is 9.89. The summed E-state index contributed by atoms with van der Waals surface area (Å²) in [6.45, 7) is 4.52. The Bertz CT molecular complexity index is 798. The molecule has 1 aliphatic rings. The molecule has 1 aromatic carbocycles. The third kappa shape index (κ3) is 2.66. The monoisotopic (exact) mass is 305 g/mol. The van der Waals surface area contributed by atoms with Crippen LogP contribution in [0.5, 0.6) is 0 Å². The number of nitrogens with one attached hydrogen (secondary N) is 2. The maximum Gasteiger partial charge on any atom is 0.0498 e. The van der Waals surface area contributed by atoms with E-state index in [-0.39, 0.29) is 0 Å². The second-order valence-corrected chi connectivity index (χ2v) is 6.40. The summed E-state index contributed by atoms with van der Waals surface area (Å²) in [6, 6.07) is 11.2. The molecule has 1 aliphatic heterocycles. The van der Waals surface area contributed by atoms with E-state index in [1.807, 2.05) is 12.4 Å². The maximum absolute atomic E-state index is 4.14. The third-order valence-corrected chi connectivity index (χ3v) is 5.06. The van der Waals surface area contributed by atoms with Gasteiger partial charge in [-0.25, -0.2) is 0 Å². The minimum absolute atomic E-state index is 0.699. The van der Waals surface area contributed by atoms with Crippen LogP contribution in [0.4, 0.5) is 0 Å². The molecular formula is C20H23N3. The van der Waals surface area contributed by atoms with Crippen molar-refractivity contribution in [1.29, 1.82) is 0 Å². The number of benzene rings is 1. The van der Waals surface area contributed by atoms with Gasteiger partial charge in [-0.2, -0.15) is 0 Å². The summed E-state index contributed by atoms with van der Waals surface area (Å²) in [5.74, 6) is 0.699. The number of piperidine rings is 1. The Balaban J connectivity index is 1.81. The first-order chi connectivity index (χ1) is 11.4. The van der Waals surface area contributed by atoms with Crippen LogP contribution in [0.25, 0.3) is 22.2 Å². The highest BCUT2D eigenvalue weighted by atomic mass is 14.9. The van der Waals surface area contributed by atoms with Crippen molar-refractivity contribution < 1.29 is 0 Å². The van der Waals surface area contributed by atoms with Crippen molar-refractivity contribution in [2.45, 2.75) is 32.1 Å². The zero-order valence-corrected chi connectivity index (χ0v) is 13.6. The molecule has 1 saturated heterocycles. The lowest BCUT2D eigenvalue weighted by Crippen LogP contribution is -2.26. The molecule has 3 aromatic rings. The molecular weight excluding hydrogens is 282 g/mol. The average Bonchev–Trinajstić information content (AvgIpc) is 3.01. The van der Waals surface area contributed by atoms with Gasteiger partial charge < -0.3 is 10.3 Å². The summed E-state index contributed by atoms with van der Waals surface area (Å²) in [4.78, 5) is 7.76. The molecule has 3 heteroatoms. The van der Waals surface area contributed by atoms with Gasteiger partial charge in [-0.05, 0) is 73.7 Å². The molecule has 0 radical (unpaired) electrons. The number of aromatic nitrogens is 2. The van der Waals surface area contributed by atoms with Crippen LogP contribution in [0.1, 0.15) is 36.8 Å². The molecule has 23 heavy (non-hydrogen) atoms. The minimum atomic E-state index is 0.699. The van der Waals surface area contributed by atoms with Crippen LogP contribution in [0, 0.1) is 0 Å². The van der Waals surface area contributed by atoms with Gasteiger partial charge in [0.15, 0.2) is 0 Å². The zero-order chi connectivity index (χ0) is 15.6. The highest BCUT2D eigenvalue weighted by Crippen LogP contribution is 2.34. The molecule has 1 fully saturated rings. The number of hydrogen-bond donors (Lipinski definition) is 2. The molecule has 0 aliphatic carbocycles. The Morgan fingerprint density at radius 1 is 1.09 bits per heavy atom. The van der Waals surface area contributed by atoms with E-state index in [1.54, 1.807) is 0 Å². The first kappa shape index (κ1) is 14.5. The van der Waals surface area contributed by atoms with E-state index in [0.717, 1.165) is 19.5 Å². The first-order valence-corrected chi connectivity index (χ1v) is 8.62. The number of hydrogen-bond acceptors (Lipinski definition) is 2. The summed E-state index contributed by atoms with van der Waals surface area (Å²) in [5.41, 5.74) is 6.62. The fourth-order valence-corrected chi connectivity index (χ4v) is 3.81. The Morgan fingerprint density at radius 2 is 1.87 bits per heavy atom. The summed E-state index contributed by atoms with van der Waals surface area (Å²) >= 11 is 0. The van der Waals surface area contributed by atoms with Crippen molar-refractivity contribution in [3.63, 3.8) is 0 Å². The van der Waals surface area contributed by atoms with E-state index in [9.17, 15) is 0 Å². The summed E-state index contributed by atoms with van der Waals surface area (Å²) < 4.78 is 0. The van der Waals surface area contributed by atoms with E-state index in [1.165, 1.54) is 46.1 Å². The van der Waals surface area contributed by atoms with Gasteiger partial charge in [0.2, 0.25) is 0 Å². The molecule has 118 valence electrons. The number of H-pyrrole nitrogens is 1. The molecule has 3 heterocycles. The molecule has 2 aromatic heterocycles. The van der Waals surface area contributed by atoms with Crippen molar-refractivity contribution in [2.24, 2.45) is 0 Å². The maximum atomic E-state index is 4.14. The van der Waals surface area contributed by atoms with Crippen molar-refractivity contribution in [3.8, 4) is 11.3 Å². The molecule has 0 amide bonds. The molecule has 0 saturated carbocycles. The van der Waals surface area contributed by atoms with Gasteiger partial charge >= 0.3 is 0 Å². The van der Waals surface area contributed by atoms with Crippen LogP contribution < -0.4 is 5.32 Å². The van der Waals surface area contributed by atoms with Crippen LogP contribution in [-0.4, -0.2) is 23.1 Å². The predicted octanol–water partition coefficient (Wildman–Crippen LogP) is 4.26. The zero-order valence-electron chi connectivity index (χ0n) is 13.6. The molecule has 2 N–H and O–H groups in total. The molecule has 0 bridgehead atoms. The minimum Gasteiger partial charge on any atom is -0.354 e. The van der Waals surface area contributed by atoms with Crippen LogP contribution in [-0.2, 0) is 6.42 Å². The van der Waals surface area contributed by atoms with Crippen LogP contribution in [0.15, 0.2) is 42.7 Å². The van der Waals surface area contributed by atoms with Gasteiger partial charge in [0.05, 0.1) is 0 Å². The van der Waals surface area contributed by atoms with Gasteiger partial charge in [-0.3, -0.25) is 4.98 Å². The SMILES string of the molecule is CCc1c(-c2ccncc2)[nH]c2ccc(C3CCNCC3)cc12. The Morgan fingerprint density at radius 3 is 2.61 bits per heavy atom. The number of nitrogens with zero attached hydrogens (tertiary/aromatic N) is 1.